The Balaban J connectivity index is 2.12. The maximum atomic E-state index is 14.4. The number of para-hydroxylation sites is 1. The monoisotopic (exact) mass is 315 g/mol. The lowest BCUT2D eigenvalue weighted by Crippen LogP contribution is -2.47. The highest BCUT2D eigenvalue weighted by molar-refractivity contribution is 5.42. The fourth-order valence-corrected chi connectivity index (χ4v) is 3.53. The minimum atomic E-state index is -1.15. The van der Waals surface area contributed by atoms with Crippen LogP contribution in [-0.2, 0) is 5.60 Å². The Morgan fingerprint density at radius 1 is 1.17 bits per heavy atom. The number of rotatable bonds is 3. The zero-order valence-electron chi connectivity index (χ0n) is 13.5. The van der Waals surface area contributed by atoms with Crippen LogP contribution in [0.4, 0.5) is 4.39 Å². The van der Waals surface area contributed by atoms with Gasteiger partial charge in [-0.3, -0.25) is 0 Å². The maximum absolute atomic E-state index is 14.4. The van der Waals surface area contributed by atoms with Crippen molar-refractivity contribution in [2.75, 3.05) is 27.2 Å². The van der Waals surface area contributed by atoms with Crippen molar-refractivity contribution >= 4 is 0 Å². The number of ether oxygens (including phenoxy) is 1. The molecule has 0 bridgehead atoms. The van der Waals surface area contributed by atoms with Crippen LogP contribution in [0.5, 0.6) is 5.75 Å². The second kappa shape index (κ2) is 6.30. The van der Waals surface area contributed by atoms with Gasteiger partial charge in [-0.05, 0) is 31.2 Å². The average molecular weight is 315 g/mol. The predicted octanol–water partition coefficient (Wildman–Crippen LogP) is 3.14. The van der Waals surface area contributed by atoms with Gasteiger partial charge in [-0.25, -0.2) is 4.39 Å². The molecule has 1 N–H and O–H groups in total. The number of hydrogen-bond donors (Lipinski definition) is 1. The van der Waals surface area contributed by atoms with Crippen molar-refractivity contribution in [2.45, 2.75) is 17.9 Å². The zero-order chi connectivity index (χ0) is 16.4. The number of likely N-dealkylation sites (tertiary alicyclic amines) is 1. The van der Waals surface area contributed by atoms with E-state index in [9.17, 15) is 9.50 Å². The third kappa shape index (κ3) is 2.84. The van der Waals surface area contributed by atoms with Gasteiger partial charge in [0.25, 0.3) is 0 Å². The van der Waals surface area contributed by atoms with Crippen molar-refractivity contribution in [3.05, 3.63) is 65.5 Å². The lowest BCUT2D eigenvalue weighted by Gasteiger charge is -2.44. The number of piperidine rings is 1. The molecule has 23 heavy (non-hydrogen) atoms. The molecule has 3 rings (SSSR count). The molecule has 2 aromatic rings. The van der Waals surface area contributed by atoms with Crippen molar-refractivity contribution in [3.63, 3.8) is 0 Å². The highest BCUT2D eigenvalue weighted by atomic mass is 19.1. The van der Waals surface area contributed by atoms with Crippen LogP contribution in [0.2, 0.25) is 0 Å². The van der Waals surface area contributed by atoms with Crippen molar-refractivity contribution in [2.24, 2.45) is 0 Å². The summed E-state index contributed by atoms with van der Waals surface area (Å²) in [7, 11) is 3.59. The Kier molecular flexibility index (Phi) is 4.37. The summed E-state index contributed by atoms with van der Waals surface area (Å²) in [6.07, 6.45) is 0.531. The van der Waals surface area contributed by atoms with Crippen LogP contribution >= 0.6 is 0 Å². The molecular weight excluding hydrogens is 293 g/mol. The molecule has 0 unspecified atom stereocenters. The van der Waals surface area contributed by atoms with E-state index in [0.717, 1.165) is 12.1 Å². The molecule has 1 heterocycles. The Morgan fingerprint density at radius 2 is 1.87 bits per heavy atom. The first-order chi connectivity index (χ1) is 11.1. The van der Waals surface area contributed by atoms with E-state index in [1.165, 1.54) is 6.07 Å². The quantitative estimate of drug-likeness (QED) is 0.944. The Labute approximate surface area is 136 Å². The lowest BCUT2D eigenvalue weighted by molar-refractivity contribution is -0.0442. The average Bonchev–Trinajstić information content (AvgIpc) is 2.58. The molecule has 0 aromatic heterocycles. The highest BCUT2D eigenvalue weighted by Gasteiger charge is 2.45. The summed E-state index contributed by atoms with van der Waals surface area (Å²) < 4.78 is 19.8. The first kappa shape index (κ1) is 16.0. The standard InChI is InChI=1S/C19H22FNO2/c1-21-12-11-19(22,15-8-4-6-10-18(15)23-2)16(13-21)14-7-3-5-9-17(14)20/h3-10,16,22H,11-13H2,1-2H3/t16-,19-/m1/s1. The second-order valence-corrected chi connectivity index (χ2v) is 6.21. The van der Waals surface area contributed by atoms with Crippen molar-refractivity contribution in [1.82, 2.24) is 4.90 Å². The fraction of sp³-hybridized carbons (Fsp3) is 0.368. The van der Waals surface area contributed by atoms with E-state index >= 15 is 0 Å². The molecule has 1 aliphatic rings. The van der Waals surface area contributed by atoms with E-state index in [2.05, 4.69) is 4.90 Å². The van der Waals surface area contributed by atoms with Gasteiger partial charge in [0, 0.05) is 24.6 Å². The summed E-state index contributed by atoms with van der Waals surface area (Å²) in [4.78, 5) is 2.13. The van der Waals surface area contributed by atoms with E-state index in [0.29, 0.717) is 24.3 Å². The van der Waals surface area contributed by atoms with Crippen LogP contribution in [-0.4, -0.2) is 37.3 Å². The van der Waals surface area contributed by atoms with Crippen LogP contribution in [0.25, 0.3) is 0 Å². The number of methoxy groups -OCH3 is 1. The predicted molar refractivity (Wildman–Crippen MR) is 88.1 cm³/mol. The van der Waals surface area contributed by atoms with Crippen molar-refractivity contribution < 1.29 is 14.2 Å². The second-order valence-electron chi connectivity index (χ2n) is 6.21. The smallest absolute Gasteiger partial charge is 0.126 e. The number of likely N-dealkylation sites (N-methyl/N-ethyl adjacent to an activating group) is 1. The van der Waals surface area contributed by atoms with Gasteiger partial charge in [0.05, 0.1) is 7.11 Å². The van der Waals surface area contributed by atoms with Gasteiger partial charge in [0.2, 0.25) is 0 Å². The van der Waals surface area contributed by atoms with Crippen LogP contribution in [0.1, 0.15) is 23.5 Å². The van der Waals surface area contributed by atoms with Crippen molar-refractivity contribution in [1.29, 1.82) is 0 Å². The van der Waals surface area contributed by atoms with Gasteiger partial charge in [-0.1, -0.05) is 36.4 Å². The summed E-state index contributed by atoms with van der Waals surface area (Å²) in [5, 5.41) is 11.5. The van der Waals surface area contributed by atoms with Crippen LogP contribution in [0.3, 0.4) is 0 Å². The number of halogens is 1. The van der Waals surface area contributed by atoms with Gasteiger partial charge in [-0.15, -0.1) is 0 Å². The summed E-state index contributed by atoms with van der Waals surface area (Å²) in [5.74, 6) is 0.0146. The van der Waals surface area contributed by atoms with Gasteiger partial charge in [0.15, 0.2) is 0 Å². The topological polar surface area (TPSA) is 32.7 Å². The van der Waals surface area contributed by atoms with E-state index in [4.69, 9.17) is 4.74 Å². The molecule has 4 heteroatoms. The third-order valence-electron chi connectivity index (χ3n) is 4.80. The van der Waals surface area contributed by atoms with Gasteiger partial charge in [-0.2, -0.15) is 0 Å². The molecule has 0 amide bonds. The normalized spacial score (nSPS) is 25.3. The summed E-state index contributed by atoms with van der Waals surface area (Å²) in [5.41, 5.74) is 0.123. The molecule has 1 fully saturated rings. The summed E-state index contributed by atoms with van der Waals surface area (Å²) in [6, 6.07) is 14.2. The largest absolute Gasteiger partial charge is 0.496 e. The number of aliphatic hydroxyl groups is 1. The summed E-state index contributed by atoms with van der Waals surface area (Å²) >= 11 is 0. The molecule has 122 valence electrons. The molecule has 1 aliphatic heterocycles. The molecule has 0 radical (unpaired) electrons. The Hall–Kier alpha value is -1.91. The minimum Gasteiger partial charge on any atom is -0.496 e. The maximum Gasteiger partial charge on any atom is 0.126 e. The van der Waals surface area contributed by atoms with Crippen molar-refractivity contribution in [3.8, 4) is 5.75 Å². The number of benzene rings is 2. The molecule has 0 aliphatic carbocycles. The lowest BCUT2D eigenvalue weighted by atomic mass is 9.72. The van der Waals surface area contributed by atoms with E-state index in [1.807, 2.05) is 37.4 Å². The van der Waals surface area contributed by atoms with E-state index in [-0.39, 0.29) is 11.7 Å². The third-order valence-corrected chi connectivity index (χ3v) is 4.80. The molecule has 3 nitrogen and oxygen atoms in total. The molecule has 2 aromatic carbocycles. The first-order valence-corrected chi connectivity index (χ1v) is 7.85. The van der Waals surface area contributed by atoms with Crippen LogP contribution in [0, 0.1) is 5.82 Å². The highest BCUT2D eigenvalue weighted by Crippen LogP contribution is 2.46. The van der Waals surface area contributed by atoms with Crippen LogP contribution < -0.4 is 4.74 Å². The molecule has 0 saturated carbocycles. The zero-order valence-corrected chi connectivity index (χ0v) is 13.5. The van der Waals surface area contributed by atoms with Gasteiger partial charge in [0.1, 0.15) is 17.2 Å². The van der Waals surface area contributed by atoms with E-state index in [1.54, 1.807) is 19.2 Å². The van der Waals surface area contributed by atoms with Crippen LogP contribution in [0.15, 0.2) is 48.5 Å². The molecular formula is C19H22FNO2. The number of hydrogen-bond acceptors (Lipinski definition) is 3. The van der Waals surface area contributed by atoms with Gasteiger partial charge < -0.3 is 14.7 Å². The Bertz CT molecular complexity index is 691. The van der Waals surface area contributed by atoms with E-state index < -0.39 is 5.60 Å². The first-order valence-electron chi connectivity index (χ1n) is 7.85. The summed E-state index contributed by atoms with van der Waals surface area (Å²) in [6.45, 7) is 1.34. The fourth-order valence-electron chi connectivity index (χ4n) is 3.53. The Morgan fingerprint density at radius 3 is 2.61 bits per heavy atom. The molecule has 1 saturated heterocycles. The number of nitrogens with zero attached hydrogens (tertiary/aromatic N) is 1. The minimum absolute atomic E-state index is 0.277. The SMILES string of the molecule is COc1ccccc1[C@]1(O)CCN(C)C[C@@H]1c1ccccc1F. The molecule has 2 atom stereocenters. The molecule has 0 spiro atoms. The van der Waals surface area contributed by atoms with Gasteiger partial charge >= 0.3 is 0 Å².